The molecule has 1 aromatic heterocycles. The van der Waals surface area contributed by atoms with Crippen LogP contribution in [0.2, 0.25) is 0 Å². The number of para-hydroxylation sites is 1. The van der Waals surface area contributed by atoms with Gasteiger partial charge in [-0.05, 0) is 51.1 Å². The normalized spacial score (nSPS) is 12.2. The lowest BCUT2D eigenvalue weighted by atomic mass is 10.2. The van der Waals surface area contributed by atoms with Gasteiger partial charge in [0.05, 0.1) is 16.8 Å². The number of hydrogen-bond acceptors (Lipinski definition) is 2. The molecule has 0 spiro atoms. The molecule has 1 heterocycles. The zero-order valence-electron chi connectivity index (χ0n) is 15.1. The van der Waals surface area contributed by atoms with Gasteiger partial charge in [0.1, 0.15) is 5.60 Å². The summed E-state index contributed by atoms with van der Waals surface area (Å²) in [5.41, 5.74) is 0.463. The highest BCUT2D eigenvalue weighted by Crippen LogP contribution is 2.32. The van der Waals surface area contributed by atoms with Gasteiger partial charge in [0.15, 0.2) is 0 Å². The van der Waals surface area contributed by atoms with Crippen LogP contribution in [0, 0.1) is 0 Å². The summed E-state index contributed by atoms with van der Waals surface area (Å²) in [5, 5.41) is 3.46. The molecule has 0 aliphatic heterocycles. The number of hydrogen-bond donors (Lipinski definition) is 1. The Bertz CT molecular complexity index is 968. The molecular formula is C20H19F3N2O2. The molecule has 0 saturated heterocycles. The molecule has 142 valence electrons. The second kappa shape index (κ2) is 6.64. The first-order valence-corrected chi connectivity index (χ1v) is 8.32. The van der Waals surface area contributed by atoms with Crippen LogP contribution in [0.4, 0.5) is 23.7 Å². The van der Waals surface area contributed by atoms with Crippen molar-refractivity contribution in [3.05, 3.63) is 60.3 Å². The van der Waals surface area contributed by atoms with Gasteiger partial charge < -0.3 is 9.30 Å². The predicted octanol–water partition coefficient (Wildman–Crippen LogP) is 6.00. The lowest BCUT2D eigenvalue weighted by molar-refractivity contribution is -0.137. The van der Waals surface area contributed by atoms with Crippen molar-refractivity contribution in [2.24, 2.45) is 0 Å². The Morgan fingerprint density at radius 1 is 1.00 bits per heavy atom. The third-order valence-corrected chi connectivity index (χ3v) is 3.82. The van der Waals surface area contributed by atoms with Crippen LogP contribution in [-0.4, -0.2) is 16.3 Å². The molecule has 4 nitrogen and oxygen atoms in total. The maximum atomic E-state index is 12.8. The molecule has 3 aromatic rings. The van der Waals surface area contributed by atoms with E-state index in [-0.39, 0.29) is 0 Å². The lowest BCUT2D eigenvalue weighted by Crippen LogP contribution is -2.27. The van der Waals surface area contributed by atoms with Crippen molar-refractivity contribution < 1.29 is 22.7 Å². The summed E-state index contributed by atoms with van der Waals surface area (Å²) >= 11 is 0. The number of alkyl halides is 3. The van der Waals surface area contributed by atoms with Crippen molar-refractivity contribution in [2.45, 2.75) is 32.5 Å². The number of aromatic nitrogens is 1. The summed E-state index contributed by atoms with van der Waals surface area (Å²) in [6.07, 6.45) is -3.32. The van der Waals surface area contributed by atoms with Crippen LogP contribution < -0.4 is 5.32 Å². The molecule has 0 fully saturated rings. The highest BCUT2D eigenvalue weighted by molar-refractivity contribution is 6.00. The molecule has 27 heavy (non-hydrogen) atoms. The van der Waals surface area contributed by atoms with E-state index in [1.807, 2.05) is 24.3 Å². The van der Waals surface area contributed by atoms with Crippen LogP contribution in [0.5, 0.6) is 0 Å². The van der Waals surface area contributed by atoms with E-state index in [0.717, 1.165) is 23.0 Å². The fourth-order valence-corrected chi connectivity index (χ4v) is 2.72. The van der Waals surface area contributed by atoms with Gasteiger partial charge in [-0.15, -0.1) is 0 Å². The molecule has 0 bridgehead atoms. The number of fused-ring (bicyclic) bond motifs is 1. The second-order valence-electron chi connectivity index (χ2n) is 7.10. The van der Waals surface area contributed by atoms with Crippen molar-refractivity contribution in [3.63, 3.8) is 0 Å². The monoisotopic (exact) mass is 376 g/mol. The number of rotatable bonds is 2. The van der Waals surface area contributed by atoms with Crippen LogP contribution in [0.3, 0.4) is 0 Å². The average Bonchev–Trinajstić information content (AvgIpc) is 2.91. The summed E-state index contributed by atoms with van der Waals surface area (Å²) in [6, 6.07) is 12.1. The average molecular weight is 376 g/mol. The van der Waals surface area contributed by atoms with Crippen molar-refractivity contribution in [1.82, 2.24) is 4.57 Å². The number of carbonyl (C=O) groups is 1. The van der Waals surface area contributed by atoms with Gasteiger partial charge in [-0.2, -0.15) is 13.2 Å². The van der Waals surface area contributed by atoms with Gasteiger partial charge >= 0.3 is 12.3 Å². The van der Waals surface area contributed by atoms with E-state index >= 15 is 0 Å². The first-order chi connectivity index (χ1) is 12.5. The highest BCUT2D eigenvalue weighted by atomic mass is 19.4. The Morgan fingerprint density at radius 2 is 1.63 bits per heavy atom. The summed E-state index contributed by atoms with van der Waals surface area (Å²) in [6.45, 7) is 5.29. The van der Waals surface area contributed by atoms with E-state index in [1.54, 1.807) is 31.5 Å². The molecule has 3 rings (SSSR count). The number of nitrogens with zero attached hydrogens (tertiary/aromatic N) is 1. The highest BCUT2D eigenvalue weighted by Gasteiger charge is 2.30. The van der Waals surface area contributed by atoms with Crippen LogP contribution in [-0.2, 0) is 10.9 Å². The summed E-state index contributed by atoms with van der Waals surface area (Å²) in [4.78, 5) is 12.1. The van der Waals surface area contributed by atoms with Crippen LogP contribution in [0.25, 0.3) is 16.6 Å². The van der Waals surface area contributed by atoms with Crippen LogP contribution in [0.15, 0.2) is 54.7 Å². The van der Waals surface area contributed by atoms with Crippen molar-refractivity contribution >= 4 is 22.7 Å². The molecule has 1 amide bonds. The molecule has 1 N–H and O–H groups in total. The van der Waals surface area contributed by atoms with Gasteiger partial charge in [-0.3, -0.25) is 5.32 Å². The maximum absolute atomic E-state index is 12.8. The van der Waals surface area contributed by atoms with Gasteiger partial charge in [-0.1, -0.05) is 18.2 Å². The standard InChI is InChI=1S/C20H19F3N2O2/c1-19(2,3)27-18(26)24-16-12-25(17-7-5-4-6-15(16)17)14-10-8-13(9-11-14)20(21,22)23/h4-12H,1-3H3,(H,24,26). The lowest BCUT2D eigenvalue weighted by Gasteiger charge is -2.19. The van der Waals surface area contributed by atoms with Crippen molar-refractivity contribution in [3.8, 4) is 5.69 Å². The molecule has 0 unspecified atom stereocenters. The quantitative estimate of drug-likeness (QED) is 0.596. The van der Waals surface area contributed by atoms with E-state index in [2.05, 4.69) is 5.32 Å². The van der Waals surface area contributed by atoms with Crippen molar-refractivity contribution in [1.29, 1.82) is 0 Å². The molecular weight excluding hydrogens is 357 g/mol. The number of benzene rings is 2. The van der Waals surface area contributed by atoms with Gasteiger partial charge in [0.25, 0.3) is 0 Å². The molecule has 7 heteroatoms. The summed E-state index contributed by atoms with van der Waals surface area (Å²) in [7, 11) is 0. The number of anilines is 1. The Labute approximate surface area is 154 Å². The molecule has 0 aliphatic rings. The number of nitrogens with one attached hydrogen (secondary N) is 1. The maximum Gasteiger partial charge on any atom is 0.416 e. The van der Waals surface area contributed by atoms with Gasteiger partial charge in [0, 0.05) is 17.3 Å². The van der Waals surface area contributed by atoms with E-state index < -0.39 is 23.4 Å². The zero-order valence-corrected chi connectivity index (χ0v) is 15.1. The van der Waals surface area contributed by atoms with Gasteiger partial charge in [-0.25, -0.2) is 4.79 Å². The van der Waals surface area contributed by atoms with E-state index in [1.165, 1.54) is 12.1 Å². The second-order valence-corrected chi connectivity index (χ2v) is 7.10. The first kappa shape index (κ1) is 18.8. The van der Waals surface area contributed by atoms with Crippen LogP contribution in [0.1, 0.15) is 26.3 Å². The predicted molar refractivity (Wildman–Crippen MR) is 98.1 cm³/mol. The molecule has 2 aromatic carbocycles. The fourth-order valence-electron chi connectivity index (χ4n) is 2.72. The third-order valence-electron chi connectivity index (χ3n) is 3.82. The fraction of sp³-hybridized carbons (Fsp3) is 0.250. The molecule has 0 atom stereocenters. The number of halogens is 3. The minimum atomic E-state index is -4.39. The van der Waals surface area contributed by atoms with E-state index in [9.17, 15) is 18.0 Å². The zero-order chi connectivity index (χ0) is 19.8. The molecule has 0 radical (unpaired) electrons. The topological polar surface area (TPSA) is 43.3 Å². The largest absolute Gasteiger partial charge is 0.444 e. The van der Waals surface area contributed by atoms with Crippen LogP contribution >= 0.6 is 0 Å². The van der Waals surface area contributed by atoms with E-state index in [4.69, 9.17) is 4.74 Å². The number of amides is 1. The third kappa shape index (κ3) is 4.24. The minimum absolute atomic E-state index is 0.514. The summed E-state index contributed by atoms with van der Waals surface area (Å²) in [5.74, 6) is 0. The smallest absolute Gasteiger partial charge is 0.416 e. The SMILES string of the molecule is CC(C)(C)OC(=O)Nc1cn(-c2ccc(C(F)(F)F)cc2)c2ccccc12. The Morgan fingerprint density at radius 3 is 2.22 bits per heavy atom. The Hall–Kier alpha value is -2.96. The Kier molecular flexibility index (Phi) is 4.63. The van der Waals surface area contributed by atoms with Gasteiger partial charge in [0.2, 0.25) is 0 Å². The number of ether oxygens (including phenoxy) is 1. The summed E-state index contributed by atoms with van der Waals surface area (Å²) < 4.78 is 45.4. The molecule has 0 aliphatic carbocycles. The first-order valence-electron chi connectivity index (χ1n) is 8.32. The number of carbonyl (C=O) groups excluding carboxylic acids is 1. The minimum Gasteiger partial charge on any atom is -0.444 e. The van der Waals surface area contributed by atoms with E-state index in [0.29, 0.717) is 11.4 Å². The van der Waals surface area contributed by atoms with Crippen molar-refractivity contribution in [2.75, 3.05) is 5.32 Å². The Balaban J connectivity index is 1.99. The molecule has 0 saturated carbocycles.